The normalized spacial score (nSPS) is 11.3. The summed E-state index contributed by atoms with van der Waals surface area (Å²) >= 11 is 11.6. The van der Waals surface area contributed by atoms with E-state index >= 15 is 0 Å². The first-order valence-electron chi connectivity index (χ1n) is 17.5. The second-order valence-corrected chi connectivity index (χ2v) is 13.1. The van der Waals surface area contributed by atoms with Crippen LogP contribution < -0.4 is 20.1 Å². The smallest absolute Gasteiger partial charge is 0.322 e. The molecule has 56 heavy (non-hydrogen) atoms. The number of amides is 4. The van der Waals surface area contributed by atoms with Crippen LogP contribution in [0.3, 0.4) is 0 Å². The molecule has 6 rings (SSSR count). The molecule has 6 aromatic rings. The number of rotatable bonds is 11. The lowest BCUT2D eigenvalue weighted by Gasteiger charge is -2.29. The van der Waals surface area contributed by atoms with Gasteiger partial charge in [-0.3, -0.25) is 0 Å². The maximum absolute atomic E-state index is 13.3. The van der Waals surface area contributed by atoms with Crippen molar-refractivity contribution in [1.82, 2.24) is 19.8 Å². The Morgan fingerprint density at radius 1 is 0.768 bits per heavy atom. The van der Waals surface area contributed by atoms with E-state index in [9.17, 15) is 23.5 Å². The van der Waals surface area contributed by atoms with Crippen LogP contribution in [0.1, 0.15) is 31.0 Å². The number of hydrogen-bond donors (Lipinski definition) is 3. The van der Waals surface area contributed by atoms with Crippen LogP contribution in [0.5, 0.6) is 11.8 Å². The third-order valence-electron chi connectivity index (χ3n) is 8.90. The SMILES string of the molecule is CCN(C(=O)Nc1ccc(F)c(Cl)c1)C(C)c1cnc(OC)c2ccccc12.COc1ncc(CN(CCO)C(=O)Nc2ccc(F)c(Cl)c2)c2ccccc12. The molecule has 1 atom stereocenters. The standard InChI is InChI=1S/C21H21ClFN3O2.C20H19ClFN3O3/c1-4-26(21(27)25-14-9-10-19(23)18(22)11-14)13(2)17-12-24-20(28-3)16-8-6-5-7-15(16)17;1-28-19-16-5-3-2-4-15(16)13(11-23-19)12-25(8-9-26)20(27)24-14-6-7-18(22)17(21)10-14/h5-13H,4H2,1-3H3,(H,25,27);2-7,10-11,26H,8-9,12H2,1H3,(H,24,27). The van der Waals surface area contributed by atoms with Gasteiger partial charge in [0.25, 0.3) is 0 Å². The highest BCUT2D eigenvalue weighted by Gasteiger charge is 2.23. The van der Waals surface area contributed by atoms with E-state index < -0.39 is 17.7 Å². The zero-order valence-corrected chi connectivity index (χ0v) is 32.5. The summed E-state index contributed by atoms with van der Waals surface area (Å²) in [5.74, 6) is -0.0581. The number of nitrogens with zero attached hydrogens (tertiary/aromatic N) is 4. The molecule has 3 N–H and O–H groups in total. The number of aliphatic hydroxyl groups excluding tert-OH is 1. The summed E-state index contributed by atoms with van der Waals surface area (Å²) in [5.41, 5.74) is 2.50. The van der Waals surface area contributed by atoms with Crippen molar-refractivity contribution in [3.63, 3.8) is 0 Å². The van der Waals surface area contributed by atoms with E-state index in [2.05, 4.69) is 20.6 Å². The van der Waals surface area contributed by atoms with E-state index in [1.165, 1.54) is 41.3 Å². The van der Waals surface area contributed by atoms with Crippen LogP contribution in [0.2, 0.25) is 10.0 Å². The first-order chi connectivity index (χ1) is 27.0. The summed E-state index contributed by atoms with van der Waals surface area (Å²) in [6.07, 6.45) is 3.38. The summed E-state index contributed by atoms with van der Waals surface area (Å²) < 4.78 is 37.3. The van der Waals surface area contributed by atoms with Gasteiger partial charge >= 0.3 is 12.1 Å². The Bertz CT molecular complexity index is 2340. The lowest BCUT2D eigenvalue weighted by Crippen LogP contribution is -2.37. The number of nitrogens with one attached hydrogen (secondary N) is 2. The Kier molecular flexibility index (Phi) is 14.2. The largest absolute Gasteiger partial charge is 0.481 e. The number of urea groups is 2. The molecule has 0 radical (unpaired) electrons. The highest BCUT2D eigenvalue weighted by Crippen LogP contribution is 2.33. The minimum Gasteiger partial charge on any atom is -0.481 e. The first-order valence-corrected chi connectivity index (χ1v) is 18.2. The van der Waals surface area contributed by atoms with Gasteiger partial charge in [-0.05, 0) is 78.7 Å². The van der Waals surface area contributed by atoms with Crippen LogP contribution in [0, 0.1) is 11.6 Å². The van der Waals surface area contributed by atoms with Crippen LogP contribution in [-0.2, 0) is 6.54 Å². The van der Waals surface area contributed by atoms with Crippen LogP contribution in [0.4, 0.5) is 29.7 Å². The molecular weight excluding hydrogens is 765 g/mol. The zero-order valence-electron chi connectivity index (χ0n) is 31.0. The van der Waals surface area contributed by atoms with Gasteiger partial charge in [-0.15, -0.1) is 0 Å². The van der Waals surface area contributed by atoms with E-state index in [1.807, 2.05) is 62.4 Å². The third-order valence-corrected chi connectivity index (χ3v) is 9.48. The molecule has 0 aliphatic heterocycles. The number of carbonyl (C=O) groups is 2. The van der Waals surface area contributed by atoms with Gasteiger partial charge in [0.05, 0.1) is 36.9 Å². The van der Waals surface area contributed by atoms with Gasteiger partial charge in [-0.1, -0.05) is 59.6 Å². The van der Waals surface area contributed by atoms with Crippen molar-refractivity contribution >= 4 is 68.2 Å². The van der Waals surface area contributed by atoms with Gasteiger partial charge in [-0.25, -0.2) is 28.3 Å². The van der Waals surface area contributed by atoms with E-state index in [0.29, 0.717) is 29.7 Å². The molecule has 1 unspecified atom stereocenters. The number of ether oxygens (including phenoxy) is 2. The van der Waals surface area contributed by atoms with Crippen molar-refractivity contribution in [1.29, 1.82) is 0 Å². The van der Waals surface area contributed by atoms with Crippen molar-refractivity contribution in [2.75, 3.05) is 44.5 Å². The minimum absolute atomic E-state index is 0.0424. The number of hydrogen-bond acceptors (Lipinski definition) is 7. The third kappa shape index (κ3) is 9.72. The van der Waals surface area contributed by atoms with E-state index in [-0.39, 0.29) is 41.8 Å². The van der Waals surface area contributed by atoms with Gasteiger partial charge in [0, 0.05) is 59.7 Å². The number of carbonyl (C=O) groups excluding carboxylic acids is 2. The number of aliphatic hydroxyl groups is 1. The quantitative estimate of drug-likeness (QED) is 0.119. The molecule has 15 heteroatoms. The van der Waals surface area contributed by atoms with Crippen molar-refractivity contribution in [2.45, 2.75) is 26.4 Å². The molecule has 4 aromatic carbocycles. The Labute approximate surface area is 332 Å². The molecule has 2 heterocycles. The van der Waals surface area contributed by atoms with Gasteiger partial charge in [0.1, 0.15) is 11.6 Å². The van der Waals surface area contributed by atoms with Gasteiger partial charge in [0.2, 0.25) is 11.8 Å². The van der Waals surface area contributed by atoms with Crippen LogP contribution in [0.25, 0.3) is 21.5 Å². The predicted octanol–water partition coefficient (Wildman–Crippen LogP) is 9.71. The molecule has 0 fully saturated rings. The van der Waals surface area contributed by atoms with E-state index in [4.69, 9.17) is 32.7 Å². The fraction of sp³-hybridized carbons (Fsp3) is 0.220. The number of pyridine rings is 2. The lowest BCUT2D eigenvalue weighted by molar-refractivity contribution is 0.185. The molecule has 0 bridgehead atoms. The fourth-order valence-corrected chi connectivity index (χ4v) is 6.44. The van der Waals surface area contributed by atoms with Gasteiger partial charge in [0.15, 0.2) is 0 Å². The molecule has 0 spiro atoms. The van der Waals surface area contributed by atoms with Crippen LogP contribution >= 0.6 is 23.2 Å². The molecule has 0 aliphatic rings. The molecule has 0 aliphatic carbocycles. The van der Waals surface area contributed by atoms with E-state index in [1.54, 1.807) is 31.5 Å². The topological polar surface area (TPSA) is 129 Å². The van der Waals surface area contributed by atoms with Crippen LogP contribution in [0.15, 0.2) is 97.3 Å². The average Bonchev–Trinajstić information content (AvgIpc) is 3.20. The van der Waals surface area contributed by atoms with E-state index in [0.717, 1.165) is 32.7 Å². The molecule has 4 amide bonds. The number of fused-ring (bicyclic) bond motifs is 2. The average molecular weight is 806 g/mol. The van der Waals surface area contributed by atoms with Crippen molar-refractivity contribution in [3.05, 3.63) is 130 Å². The Morgan fingerprint density at radius 2 is 1.27 bits per heavy atom. The number of anilines is 2. The zero-order chi connectivity index (χ0) is 40.4. The molecule has 292 valence electrons. The van der Waals surface area contributed by atoms with Crippen molar-refractivity contribution in [2.24, 2.45) is 0 Å². The Balaban J connectivity index is 0.000000214. The fourth-order valence-electron chi connectivity index (χ4n) is 6.08. The molecule has 0 saturated heterocycles. The maximum atomic E-state index is 13.3. The number of aromatic nitrogens is 2. The second-order valence-electron chi connectivity index (χ2n) is 12.3. The first kappa shape index (κ1) is 41.4. The molecule has 11 nitrogen and oxygen atoms in total. The minimum atomic E-state index is -0.567. The number of methoxy groups -OCH3 is 2. The summed E-state index contributed by atoms with van der Waals surface area (Å²) in [4.78, 5) is 37.3. The molecule has 0 saturated carbocycles. The van der Waals surface area contributed by atoms with Crippen molar-refractivity contribution < 1.29 is 33.0 Å². The Morgan fingerprint density at radius 3 is 1.79 bits per heavy atom. The molecule has 2 aromatic heterocycles. The predicted molar refractivity (Wildman–Crippen MR) is 216 cm³/mol. The summed E-state index contributed by atoms with van der Waals surface area (Å²) in [6, 6.07) is 22.4. The Hall–Kier alpha value is -5.76. The molecular formula is C41H40Cl2F2N6O5. The number of halogens is 4. The van der Waals surface area contributed by atoms with Gasteiger partial charge < -0.3 is 35.0 Å². The maximum Gasteiger partial charge on any atom is 0.322 e. The van der Waals surface area contributed by atoms with Crippen LogP contribution in [-0.4, -0.2) is 70.9 Å². The second kappa shape index (κ2) is 19.2. The monoisotopic (exact) mass is 804 g/mol. The highest BCUT2D eigenvalue weighted by molar-refractivity contribution is 6.31. The van der Waals surface area contributed by atoms with Gasteiger partial charge in [-0.2, -0.15) is 0 Å². The van der Waals surface area contributed by atoms with Crippen molar-refractivity contribution in [3.8, 4) is 11.8 Å². The number of benzene rings is 4. The highest BCUT2D eigenvalue weighted by atomic mass is 35.5. The summed E-state index contributed by atoms with van der Waals surface area (Å²) in [6.45, 7) is 4.44. The summed E-state index contributed by atoms with van der Waals surface area (Å²) in [5, 5.41) is 18.3. The lowest BCUT2D eigenvalue weighted by atomic mass is 10.0. The summed E-state index contributed by atoms with van der Waals surface area (Å²) in [7, 11) is 3.13.